The maximum atomic E-state index is 11.1. The van der Waals surface area contributed by atoms with Crippen LogP contribution in [0.2, 0.25) is 0 Å². The zero-order valence-electron chi connectivity index (χ0n) is 14.0. The summed E-state index contributed by atoms with van der Waals surface area (Å²) in [5, 5.41) is 11.0. The zero-order valence-corrected chi connectivity index (χ0v) is 14.0. The number of aromatic carboxylic acids is 1. The molecule has 2 fully saturated rings. The fourth-order valence-electron chi connectivity index (χ4n) is 4.57. The van der Waals surface area contributed by atoms with E-state index in [2.05, 4.69) is 0 Å². The van der Waals surface area contributed by atoms with E-state index in [9.17, 15) is 4.79 Å². The highest BCUT2D eigenvalue weighted by atomic mass is 16.5. The fraction of sp³-hybridized carbons (Fsp3) is 0.476. The van der Waals surface area contributed by atoms with Crippen LogP contribution in [0, 0.1) is 5.41 Å². The molecule has 4 rings (SSSR count). The smallest absolute Gasteiger partial charge is 0.335 e. The molecule has 2 saturated carbocycles. The van der Waals surface area contributed by atoms with Gasteiger partial charge >= 0.3 is 5.97 Å². The molecule has 2 aliphatic rings. The van der Waals surface area contributed by atoms with E-state index in [1.807, 2.05) is 24.3 Å². The van der Waals surface area contributed by atoms with Crippen LogP contribution < -0.4 is 4.74 Å². The Morgan fingerprint density at radius 1 is 0.958 bits per heavy atom. The predicted octanol–water partition coefficient (Wildman–Crippen LogP) is 5.42. The SMILES string of the molecule is O=C(O)c1ccc2cc(OC3CCC4(CCCC4)CC3)ccc2c1. The van der Waals surface area contributed by atoms with Crippen LogP contribution in [0.15, 0.2) is 36.4 Å². The second kappa shape index (κ2) is 6.12. The topological polar surface area (TPSA) is 46.5 Å². The summed E-state index contributed by atoms with van der Waals surface area (Å²) in [6.45, 7) is 0. The van der Waals surface area contributed by atoms with Crippen molar-refractivity contribution in [1.29, 1.82) is 0 Å². The lowest BCUT2D eigenvalue weighted by Crippen LogP contribution is -2.30. The number of fused-ring (bicyclic) bond motifs is 1. The first kappa shape index (κ1) is 15.5. The number of carboxylic acids is 1. The molecule has 1 N–H and O–H groups in total. The minimum atomic E-state index is -0.889. The van der Waals surface area contributed by atoms with Gasteiger partial charge in [-0.15, -0.1) is 0 Å². The van der Waals surface area contributed by atoms with Crippen LogP contribution in [0.5, 0.6) is 5.75 Å². The molecular weight excluding hydrogens is 300 g/mol. The Labute approximate surface area is 142 Å². The van der Waals surface area contributed by atoms with E-state index in [0.29, 0.717) is 17.1 Å². The van der Waals surface area contributed by atoms with Crippen LogP contribution in [0.3, 0.4) is 0 Å². The normalized spacial score (nSPS) is 20.5. The zero-order chi connectivity index (χ0) is 16.6. The Balaban J connectivity index is 1.45. The number of rotatable bonds is 3. The van der Waals surface area contributed by atoms with Crippen molar-refractivity contribution < 1.29 is 14.6 Å². The Kier molecular flexibility index (Phi) is 3.95. The second-order valence-electron chi connectivity index (χ2n) is 7.55. The monoisotopic (exact) mass is 324 g/mol. The highest BCUT2D eigenvalue weighted by Crippen LogP contribution is 2.49. The van der Waals surface area contributed by atoms with Gasteiger partial charge in [0, 0.05) is 0 Å². The van der Waals surface area contributed by atoms with E-state index < -0.39 is 5.97 Å². The first-order chi connectivity index (χ1) is 11.6. The molecule has 0 radical (unpaired) electrons. The number of hydrogen-bond donors (Lipinski definition) is 1. The summed E-state index contributed by atoms with van der Waals surface area (Å²) in [5.74, 6) is 0.0122. The minimum Gasteiger partial charge on any atom is -0.490 e. The van der Waals surface area contributed by atoms with Crippen molar-refractivity contribution in [2.45, 2.75) is 57.5 Å². The predicted molar refractivity (Wildman–Crippen MR) is 94.7 cm³/mol. The van der Waals surface area contributed by atoms with Gasteiger partial charge in [-0.3, -0.25) is 0 Å². The lowest BCUT2D eigenvalue weighted by Gasteiger charge is -2.37. The number of ether oxygens (including phenoxy) is 1. The molecule has 2 aromatic carbocycles. The highest BCUT2D eigenvalue weighted by molar-refractivity contribution is 5.94. The molecule has 0 heterocycles. The Morgan fingerprint density at radius 2 is 1.62 bits per heavy atom. The molecule has 0 saturated heterocycles. The number of benzene rings is 2. The van der Waals surface area contributed by atoms with Crippen LogP contribution in [0.4, 0.5) is 0 Å². The van der Waals surface area contributed by atoms with Crippen molar-refractivity contribution in [3.63, 3.8) is 0 Å². The molecule has 2 aliphatic carbocycles. The summed E-state index contributed by atoms with van der Waals surface area (Å²) in [7, 11) is 0. The molecule has 0 amide bonds. The molecule has 24 heavy (non-hydrogen) atoms. The maximum Gasteiger partial charge on any atom is 0.335 e. The Hall–Kier alpha value is -2.03. The molecule has 3 heteroatoms. The minimum absolute atomic E-state index is 0.324. The van der Waals surface area contributed by atoms with Crippen molar-refractivity contribution in [3.05, 3.63) is 42.0 Å². The van der Waals surface area contributed by atoms with Gasteiger partial charge in [-0.25, -0.2) is 4.79 Å². The van der Waals surface area contributed by atoms with Crippen LogP contribution in [-0.4, -0.2) is 17.2 Å². The van der Waals surface area contributed by atoms with E-state index in [1.165, 1.54) is 38.5 Å². The molecule has 0 bridgehead atoms. The van der Waals surface area contributed by atoms with Crippen LogP contribution in [0.25, 0.3) is 10.8 Å². The Bertz CT molecular complexity index is 749. The standard InChI is InChI=1S/C21H24O3/c22-20(23)17-4-3-16-14-19(6-5-15(16)13-17)24-18-7-11-21(12-8-18)9-1-2-10-21/h3-6,13-14,18H,1-2,7-12H2,(H,22,23). The quantitative estimate of drug-likeness (QED) is 0.820. The molecule has 0 unspecified atom stereocenters. The Morgan fingerprint density at radius 3 is 2.33 bits per heavy atom. The van der Waals surface area contributed by atoms with Crippen LogP contribution in [0.1, 0.15) is 61.7 Å². The first-order valence-electron chi connectivity index (χ1n) is 9.07. The number of hydrogen-bond acceptors (Lipinski definition) is 2. The largest absolute Gasteiger partial charge is 0.490 e. The molecular formula is C21H24O3. The number of carboxylic acid groups (broad SMARTS) is 1. The molecule has 0 atom stereocenters. The summed E-state index contributed by atoms with van der Waals surface area (Å²) in [6.07, 6.45) is 10.9. The van der Waals surface area contributed by atoms with Gasteiger partial charge in [0.15, 0.2) is 0 Å². The van der Waals surface area contributed by atoms with E-state index >= 15 is 0 Å². The highest BCUT2D eigenvalue weighted by Gasteiger charge is 2.38. The number of carbonyl (C=O) groups is 1. The van der Waals surface area contributed by atoms with E-state index in [4.69, 9.17) is 9.84 Å². The molecule has 3 nitrogen and oxygen atoms in total. The maximum absolute atomic E-state index is 11.1. The van der Waals surface area contributed by atoms with Crippen LogP contribution in [-0.2, 0) is 0 Å². The second-order valence-corrected chi connectivity index (χ2v) is 7.55. The first-order valence-corrected chi connectivity index (χ1v) is 9.07. The summed E-state index contributed by atoms with van der Waals surface area (Å²) in [6, 6.07) is 11.2. The molecule has 126 valence electrons. The van der Waals surface area contributed by atoms with Gasteiger partial charge in [-0.2, -0.15) is 0 Å². The van der Waals surface area contributed by atoms with Crippen LogP contribution >= 0.6 is 0 Å². The van der Waals surface area contributed by atoms with Crippen molar-refractivity contribution in [1.82, 2.24) is 0 Å². The van der Waals surface area contributed by atoms with Crippen molar-refractivity contribution in [2.75, 3.05) is 0 Å². The average molecular weight is 324 g/mol. The molecule has 2 aromatic rings. The molecule has 0 aliphatic heterocycles. The third-order valence-electron chi connectivity index (χ3n) is 6.02. The van der Waals surface area contributed by atoms with Gasteiger partial charge < -0.3 is 9.84 Å². The lowest BCUT2D eigenvalue weighted by atomic mass is 9.72. The van der Waals surface area contributed by atoms with E-state index in [0.717, 1.165) is 29.4 Å². The van der Waals surface area contributed by atoms with Gasteiger partial charge in [-0.05, 0) is 79.0 Å². The van der Waals surface area contributed by atoms with Crippen molar-refractivity contribution in [2.24, 2.45) is 5.41 Å². The molecule has 0 aromatic heterocycles. The summed E-state index contributed by atoms with van der Waals surface area (Å²) in [5.41, 5.74) is 0.960. The lowest BCUT2D eigenvalue weighted by molar-refractivity contribution is 0.0697. The molecule has 1 spiro atoms. The fourth-order valence-corrected chi connectivity index (χ4v) is 4.57. The average Bonchev–Trinajstić information content (AvgIpc) is 3.05. The summed E-state index contributed by atoms with van der Waals surface area (Å²) >= 11 is 0. The van der Waals surface area contributed by atoms with Crippen molar-refractivity contribution >= 4 is 16.7 Å². The summed E-state index contributed by atoms with van der Waals surface area (Å²) in [4.78, 5) is 11.1. The van der Waals surface area contributed by atoms with E-state index in [-0.39, 0.29) is 0 Å². The van der Waals surface area contributed by atoms with Crippen molar-refractivity contribution in [3.8, 4) is 5.75 Å². The third kappa shape index (κ3) is 3.00. The summed E-state index contributed by atoms with van der Waals surface area (Å²) < 4.78 is 6.23. The van der Waals surface area contributed by atoms with E-state index in [1.54, 1.807) is 12.1 Å². The van der Waals surface area contributed by atoms with Gasteiger partial charge in [0.05, 0.1) is 11.7 Å². The van der Waals surface area contributed by atoms with Gasteiger partial charge in [-0.1, -0.05) is 25.0 Å². The van der Waals surface area contributed by atoms with Gasteiger partial charge in [0.25, 0.3) is 0 Å². The van der Waals surface area contributed by atoms with Gasteiger partial charge in [0.1, 0.15) is 5.75 Å². The van der Waals surface area contributed by atoms with Gasteiger partial charge in [0.2, 0.25) is 0 Å². The third-order valence-corrected chi connectivity index (χ3v) is 6.02.